The molecule has 1 heterocycles. The highest BCUT2D eigenvalue weighted by atomic mass is 19.4. The van der Waals surface area contributed by atoms with Crippen molar-refractivity contribution in [2.24, 2.45) is 11.3 Å². The zero-order valence-electron chi connectivity index (χ0n) is 20.7. The maximum atomic E-state index is 13.8. The first-order valence-corrected chi connectivity index (χ1v) is 12.0. The molecule has 0 spiro atoms. The molecule has 10 heteroatoms. The molecule has 1 unspecified atom stereocenters. The van der Waals surface area contributed by atoms with Crippen LogP contribution in [0.3, 0.4) is 0 Å². The van der Waals surface area contributed by atoms with Crippen LogP contribution in [-0.4, -0.2) is 42.7 Å². The number of halogens is 4. The summed E-state index contributed by atoms with van der Waals surface area (Å²) >= 11 is 0. The van der Waals surface area contributed by atoms with Gasteiger partial charge in [-0.1, -0.05) is 6.92 Å². The van der Waals surface area contributed by atoms with Gasteiger partial charge in [0.2, 0.25) is 11.8 Å². The molecule has 1 aromatic rings. The molecular formula is C25H35F4N3O3. The van der Waals surface area contributed by atoms with Crippen LogP contribution >= 0.6 is 0 Å². The average molecular weight is 502 g/mol. The highest BCUT2D eigenvalue weighted by Gasteiger charge is 2.55. The first-order chi connectivity index (χ1) is 16.2. The van der Waals surface area contributed by atoms with E-state index in [0.717, 1.165) is 18.6 Å². The van der Waals surface area contributed by atoms with Gasteiger partial charge in [-0.3, -0.25) is 9.59 Å². The first kappa shape index (κ1) is 27.4. The number of ether oxygens (including phenoxy) is 1. The van der Waals surface area contributed by atoms with E-state index in [-0.39, 0.29) is 36.0 Å². The Balaban J connectivity index is 1.79. The Hall–Kier alpha value is -2.20. The minimum Gasteiger partial charge on any atom is -0.381 e. The highest BCUT2D eigenvalue weighted by molar-refractivity contribution is 5.86. The lowest BCUT2D eigenvalue weighted by atomic mass is 9.68. The van der Waals surface area contributed by atoms with E-state index in [4.69, 9.17) is 4.74 Å². The van der Waals surface area contributed by atoms with Crippen LogP contribution in [0.15, 0.2) is 18.2 Å². The van der Waals surface area contributed by atoms with E-state index in [1.807, 2.05) is 0 Å². The van der Waals surface area contributed by atoms with Crippen molar-refractivity contribution >= 4 is 11.8 Å². The summed E-state index contributed by atoms with van der Waals surface area (Å²) in [5.74, 6) is -1.35. The van der Waals surface area contributed by atoms with Gasteiger partial charge in [-0.15, -0.1) is 0 Å². The maximum Gasteiger partial charge on any atom is 0.416 e. The summed E-state index contributed by atoms with van der Waals surface area (Å²) in [6.45, 7) is 8.15. The fourth-order valence-corrected chi connectivity index (χ4v) is 5.50. The standard InChI is InChI=1S/C25H35F4N3O3/c1-15-14-35-8-6-21(15)31-20-5-7-24(12-20,23(3,4)32-16(2)33)22(34)30-13-17-9-18(25(27,28)29)11-19(26)10-17/h9-11,15,20-21,31H,5-8,12-14H2,1-4H3,(H,30,34)(H,32,33)/t15-,20-,21?,24-/m1/s1. The predicted octanol–water partition coefficient (Wildman–Crippen LogP) is 3.93. The molecule has 1 aromatic carbocycles. The van der Waals surface area contributed by atoms with Crippen LogP contribution < -0.4 is 16.0 Å². The highest BCUT2D eigenvalue weighted by Crippen LogP contribution is 2.47. The molecular weight excluding hydrogens is 466 g/mol. The third-order valence-corrected chi connectivity index (χ3v) is 7.46. The van der Waals surface area contributed by atoms with Gasteiger partial charge >= 0.3 is 6.18 Å². The molecule has 1 aliphatic carbocycles. The van der Waals surface area contributed by atoms with Crippen LogP contribution in [0.5, 0.6) is 0 Å². The predicted molar refractivity (Wildman–Crippen MR) is 123 cm³/mol. The summed E-state index contributed by atoms with van der Waals surface area (Å²) in [4.78, 5) is 25.6. The Morgan fingerprint density at radius 2 is 1.89 bits per heavy atom. The summed E-state index contributed by atoms with van der Waals surface area (Å²) in [6.07, 6.45) is -2.18. The van der Waals surface area contributed by atoms with Crippen molar-refractivity contribution in [2.75, 3.05) is 13.2 Å². The normalized spacial score (nSPS) is 27.5. The Morgan fingerprint density at radius 1 is 1.17 bits per heavy atom. The molecule has 2 aliphatic rings. The summed E-state index contributed by atoms with van der Waals surface area (Å²) in [5, 5.41) is 9.28. The smallest absolute Gasteiger partial charge is 0.381 e. The summed E-state index contributed by atoms with van der Waals surface area (Å²) in [5.41, 5.74) is -3.00. The lowest BCUT2D eigenvalue weighted by molar-refractivity contribution is -0.138. The minimum absolute atomic E-state index is 0.0156. The van der Waals surface area contributed by atoms with Crippen molar-refractivity contribution < 1.29 is 31.9 Å². The summed E-state index contributed by atoms with van der Waals surface area (Å²) in [6, 6.07) is 2.53. The number of nitrogens with one attached hydrogen (secondary N) is 3. The van der Waals surface area contributed by atoms with Gasteiger partial charge in [-0.2, -0.15) is 13.2 Å². The van der Waals surface area contributed by atoms with Crippen LogP contribution in [0.1, 0.15) is 64.5 Å². The van der Waals surface area contributed by atoms with E-state index in [2.05, 4.69) is 22.9 Å². The second kappa shape index (κ2) is 10.4. The number of carbonyl (C=O) groups is 2. The molecule has 35 heavy (non-hydrogen) atoms. The molecule has 3 N–H and O–H groups in total. The van der Waals surface area contributed by atoms with Crippen molar-refractivity contribution in [3.8, 4) is 0 Å². The lowest BCUT2D eigenvalue weighted by Gasteiger charge is -2.44. The fourth-order valence-electron chi connectivity index (χ4n) is 5.50. The number of carbonyl (C=O) groups excluding carboxylic acids is 2. The lowest BCUT2D eigenvalue weighted by Crippen LogP contribution is -2.61. The van der Waals surface area contributed by atoms with Crippen molar-refractivity contribution in [1.29, 1.82) is 0 Å². The molecule has 1 aliphatic heterocycles. The van der Waals surface area contributed by atoms with Crippen molar-refractivity contribution in [1.82, 2.24) is 16.0 Å². The molecule has 0 radical (unpaired) electrons. The van der Waals surface area contributed by atoms with Gasteiger partial charge < -0.3 is 20.7 Å². The van der Waals surface area contributed by atoms with Gasteiger partial charge in [-0.25, -0.2) is 4.39 Å². The van der Waals surface area contributed by atoms with Crippen molar-refractivity contribution in [2.45, 2.75) is 83.7 Å². The molecule has 1 saturated heterocycles. The Labute approximate surface area is 203 Å². The topological polar surface area (TPSA) is 79.5 Å². The zero-order chi connectivity index (χ0) is 26.0. The Morgan fingerprint density at radius 3 is 2.51 bits per heavy atom. The average Bonchev–Trinajstić information content (AvgIpc) is 3.18. The SMILES string of the molecule is CC(=O)NC(C)(C)[C@]1(C(=O)NCc2cc(F)cc(C(F)(F)F)c2)CC[C@@H](NC2CCOC[C@H]2C)C1. The molecule has 6 nitrogen and oxygen atoms in total. The second-order valence-corrected chi connectivity index (χ2v) is 10.5. The molecule has 2 amide bonds. The quantitative estimate of drug-likeness (QED) is 0.495. The maximum absolute atomic E-state index is 13.8. The number of amides is 2. The molecule has 196 valence electrons. The fraction of sp³-hybridized carbons (Fsp3) is 0.680. The molecule has 0 bridgehead atoms. The van der Waals surface area contributed by atoms with Gasteiger partial charge in [0.15, 0.2) is 0 Å². The summed E-state index contributed by atoms with van der Waals surface area (Å²) in [7, 11) is 0. The number of hydrogen-bond donors (Lipinski definition) is 3. The number of rotatable bonds is 7. The molecule has 2 fully saturated rings. The van der Waals surface area contributed by atoms with Gasteiger partial charge in [0.05, 0.1) is 17.6 Å². The molecule has 0 aromatic heterocycles. The van der Waals surface area contributed by atoms with Gasteiger partial charge in [0.1, 0.15) is 5.82 Å². The van der Waals surface area contributed by atoms with Crippen molar-refractivity contribution in [3.05, 3.63) is 35.1 Å². The first-order valence-electron chi connectivity index (χ1n) is 12.0. The van der Waals surface area contributed by atoms with E-state index in [9.17, 15) is 27.2 Å². The van der Waals surface area contributed by atoms with Crippen molar-refractivity contribution in [3.63, 3.8) is 0 Å². The minimum atomic E-state index is -4.69. The van der Waals surface area contributed by atoms with E-state index in [0.29, 0.717) is 44.5 Å². The van der Waals surface area contributed by atoms with Crippen LogP contribution in [0.4, 0.5) is 17.6 Å². The van der Waals surface area contributed by atoms with Crippen LogP contribution in [0, 0.1) is 17.2 Å². The summed E-state index contributed by atoms with van der Waals surface area (Å²) < 4.78 is 58.6. The Kier molecular flexibility index (Phi) is 8.16. The number of alkyl halides is 3. The van der Waals surface area contributed by atoms with Gasteiger partial charge in [0, 0.05) is 37.7 Å². The Bertz CT molecular complexity index is 937. The molecule has 3 rings (SSSR count). The third kappa shape index (κ3) is 6.33. The second-order valence-electron chi connectivity index (χ2n) is 10.5. The van der Waals surface area contributed by atoms with Gasteiger partial charge in [0.25, 0.3) is 0 Å². The third-order valence-electron chi connectivity index (χ3n) is 7.46. The zero-order valence-corrected chi connectivity index (χ0v) is 20.7. The van der Waals surface area contributed by atoms with E-state index in [1.165, 1.54) is 6.92 Å². The van der Waals surface area contributed by atoms with E-state index < -0.39 is 28.5 Å². The number of benzene rings is 1. The molecule has 1 saturated carbocycles. The molecule has 4 atom stereocenters. The van der Waals surface area contributed by atoms with E-state index >= 15 is 0 Å². The largest absolute Gasteiger partial charge is 0.416 e. The monoisotopic (exact) mass is 501 g/mol. The van der Waals surface area contributed by atoms with Crippen LogP contribution in [0.25, 0.3) is 0 Å². The van der Waals surface area contributed by atoms with Crippen LogP contribution in [-0.2, 0) is 27.0 Å². The van der Waals surface area contributed by atoms with Gasteiger partial charge in [-0.05, 0) is 69.2 Å². The van der Waals surface area contributed by atoms with Crippen LogP contribution in [0.2, 0.25) is 0 Å². The number of hydrogen-bond acceptors (Lipinski definition) is 4. The van der Waals surface area contributed by atoms with E-state index in [1.54, 1.807) is 13.8 Å².